The maximum absolute atomic E-state index is 5.00. The molecule has 0 amide bonds. The summed E-state index contributed by atoms with van der Waals surface area (Å²) in [5, 5.41) is 0. The van der Waals surface area contributed by atoms with E-state index in [4.69, 9.17) is 10.6 Å². The van der Waals surface area contributed by atoms with Crippen LogP contribution in [0.25, 0.3) is 0 Å². The number of hydrogen-bond donors (Lipinski definition) is 1. The van der Waals surface area contributed by atoms with Crippen molar-refractivity contribution in [3.63, 3.8) is 0 Å². The van der Waals surface area contributed by atoms with E-state index in [0.29, 0.717) is 12.5 Å². The zero-order chi connectivity index (χ0) is 7.82. The van der Waals surface area contributed by atoms with Crippen molar-refractivity contribution < 1.29 is 9.57 Å². The van der Waals surface area contributed by atoms with Gasteiger partial charge in [-0.3, -0.25) is 0 Å². The van der Waals surface area contributed by atoms with Crippen LogP contribution in [0.15, 0.2) is 0 Å². The molecule has 10 heavy (non-hydrogen) atoms. The summed E-state index contributed by atoms with van der Waals surface area (Å²) in [5.41, 5.74) is 0. The van der Waals surface area contributed by atoms with Crippen LogP contribution < -0.4 is 5.90 Å². The SMILES string of the molecule is CCC(CCON)COC. The lowest BCUT2D eigenvalue weighted by Crippen LogP contribution is -2.12. The molecule has 0 rings (SSSR count). The van der Waals surface area contributed by atoms with Crippen LogP contribution in [-0.2, 0) is 9.57 Å². The van der Waals surface area contributed by atoms with Gasteiger partial charge in [-0.2, -0.15) is 0 Å². The van der Waals surface area contributed by atoms with Crippen LogP contribution in [0.4, 0.5) is 0 Å². The Labute approximate surface area is 62.4 Å². The molecule has 0 aliphatic heterocycles. The van der Waals surface area contributed by atoms with Gasteiger partial charge in [-0.1, -0.05) is 13.3 Å². The molecule has 0 aromatic rings. The number of rotatable bonds is 6. The average molecular weight is 147 g/mol. The van der Waals surface area contributed by atoms with E-state index in [1.54, 1.807) is 7.11 Å². The van der Waals surface area contributed by atoms with Gasteiger partial charge < -0.3 is 9.57 Å². The Kier molecular flexibility index (Phi) is 6.91. The van der Waals surface area contributed by atoms with E-state index in [-0.39, 0.29) is 0 Å². The van der Waals surface area contributed by atoms with Crippen molar-refractivity contribution >= 4 is 0 Å². The van der Waals surface area contributed by atoms with Crippen LogP contribution in [-0.4, -0.2) is 20.3 Å². The number of methoxy groups -OCH3 is 1. The first-order valence-electron chi connectivity index (χ1n) is 3.65. The van der Waals surface area contributed by atoms with Gasteiger partial charge in [0.25, 0.3) is 0 Å². The van der Waals surface area contributed by atoms with E-state index in [1.807, 2.05) is 0 Å². The Hall–Kier alpha value is -0.120. The standard InChI is InChI=1S/C7H17NO2/c1-3-7(6-9-2)4-5-10-8/h7H,3-6,8H2,1-2H3. The maximum atomic E-state index is 5.00. The molecule has 0 saturated heterocycles. The summed E-state index contributed by atoms with van der Waals surface area (Å²) in [6, 6.07) is 0. The van der Waals surface area contributed by atoms with Crippen molar-refractivity contribution in [2.24, 2.45) is 11.8 Å². The van der Waals surface area contributed by atoms with Gasteiger partial charge in [0.15, 0.2) is 0 Å². The predicted molar refractivity (Wildman–Crippen MR) is 40.4 cm³/mol. The first-order valence-corrected chi connectivity index (χ1v) is 3.65. The zero-order valence-electron chi connectivity index (χ0n) is 6.80. The Morgan fingerprint density at radius 2 is 2.20 bits per heavy atom. The third-order valence-corrected chi connectivity index (χ3v) is 1.62. The van der Waals surface area contributed by atoms with Crippen molar-refractivity contribution in [2.75, 3.05) is 20.3 Å². The Morgan fingerprint density at radius 3 is 2.60 bits per heavy atom. The van der Waals surface area contributed by atoms with E-state index < -0.39 is 0 Å². The van der Waals surface area contributed by atoms with Gasteiger partial charge in [0.2, 0.25) is 0 Å². The molecule has 0 heterocycles. The molecule has 0 aromatic heterocycles. The normalized spacial score (nSPS) is 13.5. The van der Waals surface area contributed by atoms with Crippen molar-refractivity contribution in [2.45, 2.75) is 19.8 Å². The van der Waals surface area contributed by atoms with Crippen LogP contribution in [0.5, 0.6) is 0 Å². The van der Waals surface area contributed by atoms with Crippen LogP contribution in [0.1, 0.15) is 19.8 Å². The number of ether oxygens (including phenoxy) is 1. The largest absolute Gasteiger partial charge is 0.384 e. The first-order chi connectivity index (χ1) is 4.85. The topological polar surface area (TPSA) is 44.5 Å². The smallest absolute Gasteiger partial charge is 0.0682 e. The molecule has 0 saturated carbocycles. The lowest BCUT2D eigenvalue weighted by molar-refractivity contribution is 0.0923. The molecule has 62 valence electrons. The van der Waals surface area contributed by atoms with Crippen LogP contribution in [0.3, 0.4) is 0 Å². The molecular formula is C7H17NO2. The second kappa shape index (κ2) is 6.99. The molecule has 0 aliphatic rings. The molecule has 0 fully saturated rings. The predicted octanol–water partition coefficient (Wildman–Crippen LogP) is 0.939. The second-order valence-corrected chi connectivity index (χ2v) is 2.39. The van der Waals surface area contributed by atoms with E-state index >= 15 is 0 Å². The van der Waals surface area contributed by atoms with Gasteiger partial charge in [0, 0.05) is 13.7 Å². The molecule has 3 nitrogen and oxygen atoms in total. The third-order valence-electron chi connectivity index (χ3n) is 1.62. The van der Waals surface area contributed by atoms with Crippen molar-refractivity contribution in [3.05, 3.63) is 0 Å². The number of hydrogen-bond acceptors (Lipinski definition) is 3. The highest BCUT2D eigenvalue weighted by molar-refractivity contribution is 4.54. The van der Waals surface area contributed by atoms with Gasteiger partial charge in [0.1, 0.15) is 0 Å². The molecule has 0 aliphatic carbocycles. The molecule has 1 atom stereocenters. The van der Waals surface area contributed by atoms with Crippen molar-refractivity contribution in [3.8, 4) is 0 Å². The Balaban J connectivity index is 3.21. The zero-order valence-corrected chi connectivity index (χ0v) is 6.80. The minimum absolute atomic E-state index is 0.591. The van der Waals surface area contributed by atoms with E-state index in [1.165, 1.54) is 0 Å². The summed E-state index contributed by atoms with van der Waals surface area (Å²) in [5.74, 6) is 5.48. The second-order valence-electron chi connectivity index (χ2n) is 2.39. The highest BCUT2D eigenvalue weighted by Crippen LogP contribution is 2.07. The van der Waals surface area contributed by atoms with E-state index in [0.717, 1.165) is 19.4 Å². The maximum Gasteiger partial charge on any atom is 0.0682 e. The van der Waals surface area contributed by atoms with E-state index in [9.17, 15) is 0 Å². The lowest BCUT2D eigenvalue weighted by Gasteiger charge is -2.11. The fourth-order valence-electron chi connectivity index (χ4n) is 0.876. The van der Waals surface area contributed by atoms with Gasteiger partial charge in [-0.05, 0) is 12.3 Å². The molecule has 3 heteroatoms. The summed E-state index contributed by atoms with van der Waals surface area (Å²) < 4.78 is 5.00. The fourth-order valence-corrected chi connectivity index (χ4v) is 0.876. The van der Waals surface area contributed by atoms with Gasteiger partial charge in [-0.25, -0.2) is 5.90 Å². The van der Waals surface area contributed by atoms with Gasteiger partial charge in [0.05, 0.1) is 6.61 Å². The molecule has 0 radical (unpaired) electrons. The molecule has 0 spiro atoms. The molecule has 2 N–H and O–H groups in total. The lowest BCUT2D eigenvalue weighted by atomic mass is 10.0. The van der Waals surface area contributed by atoms with Gasteiger partial charge >= 0.3 is 0 Å². The first kappa shape index (κ1) is 9.88. The Bertz CT molecular complexity index is 68.6. The quantitative estimate of drug-likeness (QED) is 0.569. The summed E-state index contributed by atoms with van der Waals surface area (Å²) >= 11 is 0. The van der Waals surface area contributed by atoms with Gasteiger partial charge in [-0.15, -0.1) is 0 Å². The highest BCUT2D eigenvalue weighted by Gasteiger charge is 2.04. The van der Waals surface area contributed by atoms with Crippen molar-refractivity contribution in [1.82, 2.24) is 0 Å². The molecule has 0 bridgehead atoms. The van der Waals surface area contributed by atoms with E-state index in [2.05, 4.69) is 11.8 Å². The van der Waals surface area contributed by atoms with Crippen LogP contribution in [0, 0.1) is 5.92 Å². The Morgan fingerprint density at radius 1 is 1.50 bits per heavy atom. The summed E-state index contributed by atoms with van der Waals surface area (Å²) in [4.78, 5) is 4.46. The van der Waals surface area contributed by atoms with Crippen LogP contribution >= 0.6 is 0 Å². The minimum Gasteiger partial charge on any atom is -0.384 e. The third kappa shape index (κ3) is 4.73. The summed E-state index contributed by atoms with van der Waals surface area (Å²) in [7, 11) is 1.71. The molecular weight excluding hydrogens is 130 g/mol. The summed E-state index contributed by atoms with van der Waals surface area (Å²) in [6.45, 7) is 3.57. The molecule has 0 aromatic carbocycles. The number of nitrogens with two attached hydrogens (primary N) is 1. The minimum atomic E-state index is 0.591. The summed E-state index contributed by atoms with van der Waals surface area (Å²) in [6.07, 6.45) is 2.11. The average Bonchev–Trinajstić information content (AvgIpc) is 1.98. The van der Waals surface area contributed by atoms with Crippen LogP contribution in [0.2, 0.25) is 0 Å². The van der Waals surface area contributed by atoms with Crippen molar-refractivity contribution in [1.29, 1.82) is 0 Å². The highest BCUT2D eigenvalue weighted by atomic mass is 16.6. The fraction of sp³-hybridized carbons (Fsp3) is 1.00. The monoisotopic (exact) mass is 147 g/mol. The molecule has 1 unspecified atom stereocenters.